The minimum atomic E-state index is -1.39. The van der Waals surface area contributed by atoms with Gasteiger partial charge < -0.3 is 0 Å². The van der Waals surface area contributed by atoms with Gasteiger partial charge in [0.2, 0.25) is 0 Å². The number of hydrogen-bond acceptors (Lipinski definition) is 3. The molecule has 0 amide bonds. The van der Waals surface area contributed by atoms with E-state index in [1.165, 1.54) is 16.8 Å². The smallest absolute Gasteiger partial charge is 0.252 e. The molecule has 0 spiro atoms. The summed E-state index contributed by atoms with van der Waals surface area (Å²) in [6, 6.07) is 18.8. The van der Waals surface area contributed by atoms with Crippen LogP contribution in [0.25, 0.3) is 22.2 Å². The molecule has 2 heterocycles. The molecule has 0 fully saturated rings. The molecule has 4 aromatic rings. The Balaban J connectivity index is 1.93. The number of nitriles is 1. The van der Waals surface area contributed by atoms with E-state index >= 15 is 4.39 Å². The Labute approximate surface area is 171 Å². The van der Waals surface area contributed by atoms with Crippen LogP contribution in [0.1, 0.15) is 22.9 Å². The summed E-state index contributed by atoms with van der Waals surface area (Å²) in [4.78, 5) is 16.8. The molecule has 0 aliphatic rings. The number of alkyl halides is 1. The van der Waals surface area contributed by atoms with E-state index in [1.54, 1.807) is 55.6 Å². The number of nitrogens with zero attached hydrogens (tertiary/aromatic N) is 3. The van der Waals surface area contributed by atoms with Gasteiger partial charge in [0.15, 0.2) is 6.17 Å². The molecule has 0 bridgehead atoms. The molecule has 0 N–H and O–H groups in total. The zero-order valence-electron chi connectivity index (χ0n) is 15.4. The van der Waals surface area contributed by atoms with Crippen LogP contribution >= 0.6 is 11.6 Å². The Morgan fingerprint density at radius 3 is 2.59 bits per heavy atom. The van der Waals surface area contributed by atoms with Gasteiger partial charge in [-0.1, -0.05) is 35.9 Å². The Bertz CT molecular complexity index is 1320. The molecule has 4 rings (SSSR count). The highest BCUT2D eigenvalue weighted by Crippen LogP contribution is 2.32. The molecule has 0 aliphatic carbocycles. The van der Waals surface area contributed by atoms with Crippen molar-refractivity contribution in [2.24, 2.45) is 7.05 Å². The van der Waals surface area contributed by atoms with Crippen molar-refractivity contribution >= 4 is 22.6 Å². The fourth-order valence-electron chi connectivity index (χ4n) is 3.30. The van der Waals surface area contributed by atoms with E-state index in [-0.39, 0.29) is 5.56 Å². The zero-order valence-corrected chi connectivity index (χ0v) is 16.2. The predicted octanol–water partition coefficient (Wildman–Crippen LogP) is 5.18. The fraction of sp³-hybridized carbons (Fsp3) is 0.0870. The number of aromatic nitrogens is 2. The minimum absolute atomic E-state index is 0.232. The Kier molecular flexibility index (Phi) is 4.87. The average molecular weight is 404 g/mol. The van der Waals surface area contributed by atoms with Crippen LogP contribution in [0.3, 0.4) is 0 Å². The maximum absolute atomic E-state index is 15.2. The summed E-state index contributed by atoms with van der Waals surface area (Å²) in [5.41, 5.74) is 2.84. The quantitative estimate of drug-likeness (QED) is 0.473. The monoisotopic (exact) mass is 403 g/mol. The molecule has 4 nitrogen and oxygen atoms in total. The first-order valence-electron chi connectivity index (χ1n) is 8.87. The third-order valence-corrected chi connectivity index (χ3v) is 5.10. The zero-order chi connectivity index (χ0) is 20.5. The summed E-state index contributed by atoms with van der Waals surface area (Å²) in [6.45, 7) is 0. The van der Waals surface area contributed by atoms with Crippen molar-refractivity contribution in [2.75, 3.05) is 0 Å². The largest absolute Gasteiger partial charge is 0.296 e. The maximum atomic E-state index is 15.2. The first kappa shape index (κ1) is 18.9. The summed E-state index contributed by atoms with van der Waals surface area (Å²) in [6.07, 6.45) is 0.0518. The van der Waals surface area contributed by atoms with Crippen LogP contribution in [-0.2, 0) is 7.05 Å². The van der Waals surface area contributed by atoms with Gasteiger partial charge in [-0.3, -0.25) is 9.36 Å². The Morgan fingerprint density at radius 2 is 1.86 bits per heavy atom. The molecule has 6 heteroatoms. The lowest BCUT2D eigenvalue weighted by Crippen LogP contribution is -2.17. The molecular weight excluding hydrogens is 389 g/mol. The van der Waals surface area contributed by atoms with E-state index in [2.05, 4.69) is 11.1 Å². The van der Waals surface area contributed by atoms with Crippen LogP contribution < -0.4 is 5.56 Å². The van der Waals surface area contributed by atoms with Gasteiger partial charge in [0.05, 0.1) is 11.6 Å². The Morgan fingerprint density at radius 1 is 1.10 bits per heavy atom. The summed E-state index contributed by atoms with van der Waals surface area (Å²) in [5, 5.41) is 10.4. The first-order valence-corrected chi connectivity index (χ1v) is 9.25. The highest BCUT2D eigenvalue weighted by molar-refractivity contribution is 6.30. The van der Waals surface area contributed by atoms with Crippen LogP contribution in [0.15, 0.2) is 71.7 Å². The molecule has 1 unspecified atom stereocenters. The van der Waals surface area contributed by atoms with Crippen molar-refractivity contribution in [3.63, 3.8) is 0 Å². The van der Waals surface area contributed by atoms with Crippen molar-refractivity contribution in [3.05, 3.63) is 98.9 Å². The van der Waals surface area contributed by atoms with Gasteiger partial charge in [0.1, 0.15) is 5.65 Å². The number of hydrogen-bond donors (Lipinski definition) is 0. The molecular formula is C23H15ClFN3O. The van der Waals surface area contributed by atoms with Crippen molar-refractivity contribution in [2.45, 2.75) is 6.17 Å². The highest BCUT2D eigenvalue weighted by atomic mass is 35.5. The second-order valence-corrected chi connectivity index (χ2v) is 7.14. The molecule has 2 aromatic carbocycles. The van der Waals surface area contributed by atoms with Gasteiger partial charge in [-0.25, -0.2) is 9.37 Å². The number of aryl methyl sites for hydroxylation is 1. The van der Waals surface area contributed by atoms with Crippen molar-refractivity contribution < 1.29 is 4.39 Å². The standard InChI is InChI=1S/C23H15ClFN3O/c1-28-21(29)11-19(16-4-2-3-14(9-16)12-26)20-10-17(13-27-23(20)28)22(25)15-5-7-18(24)8-6-15/h2-11,13,22H,1H3. The predicted molar refractivity (Wildman–Crippen MR) is 112 cm³/mol. The third-order valence-electron chi connectivity index (χ3n) is 4.85. The number of rotatable bonds is 3. The SMILES string of the molecule is Cn1c(=O)cc(-c2cccc(C#N)c2)c2cc(C(F)c3ccc(Cl)cc3)cnc21. The van der Waals surface area contributed by atoms with Crippen LogP contribution in [0.5, 0.6) is 0 Å². The average Bonchev–Trinajstić information content (AvgIpc) is 2.76. The van der Waals surface area contributed by atoms with E-state index < -0.39 is 6.17 Å². The van der Waals surface area contributed by atoms with Gasteiger partial charge >= 0.3 is 0 Å². The summed E-state index contributed by atoms with van der Waals surface area (Å²) >= 11 is 5.90. The Hall–Kier alpha value is -3.49. The molecule has 0 saturated carbocycles. The number of fused-ring (bicyclic) bond motifs is 1. The van der Waals surface area contributed by atoms with E-state index in [1.807, 2.05) is 6.07 Å². The van der Waals surface area contributed by atoms with Gasteiger partial charge in [0, 0.05) is 35.3 Å². The summed E-state index contributed by atoms with van der Waals surface area (Å²) in [5.74, 6) is 0. The van der Waals surface area contributed by atoms with Crippen LogP contribution in [0, 0.1) is 11.3 Å². The van der Waals surface area contributed by atoms with Crippen LogP contribution in [0.4, 0.5) is 4.39 Å². The topological polar surface area (TPSA) is 58.7 Å². The highest BCUT2D eigenvalue weighted by Gasteiger charge is 2.17. The molecule has 0 saturated heterocycles. The first-order chi connectivity index (χ1) is 14.0. The van der Waals surface area contributed by atoms with Crippen molar-refractivity contribution in [1.82, 2.24) is 9.55 Å². The molecule has 2 aromatic heterocycles. The van der Waals surface area contributed by atoms with Gasteiger partial charge in [0.25, 0.3) is 5.56 Å². The van der Waals surface area contributed by atoms with Crippen LogP contribution in [0.2, 0.25) is 5.02 Å². The number of benzene rings is 2. The van der Waals surface area contributed by atoms with E-state index in [0.717, 1.165) is 0 Å². The summed E-state index contributed by atoms with van der Waals surface area (Å²) < 4.78 is 16.6. The lowest BCUT2D eigenvalue weighted by molar-refractivity contribution is 0.401. The van der Waals surface area contributed by atoms with Gasteiger partial charge in [-0.05, 0) is 47.0 Å². The summed E-state index contributed by atoms with van der Waals surface area (Å²) in [7, 11) is 1.62. The van der Waals surface area contributed by atoms with E-state index in [4.69, 9.17) is 11.6 Å². The maximum Gasteiger partial charge on any atom is 0.252 e. The van der Waals surface area contributed by atoms with E-state index in [9.17, 15) is 10.1 Å². The fourth-order valence-corrected chi connectivity index (χ4v) is 3.43. The number of pyridine rings is 2. The van der Waals surface area contributed by atoms with Crippen molar-refractivity contribution in [1.29, 1.82) is 5.26 Å². The second kappa shape index (κ2) is 7.50. The lowest BCUT2D eigenvalue weighted by Gasteiger charge is -2.14. The second-order valence-electron chi connectivity index (χ2n) is 6.70. The van der Waals surface area contributed by atoms with Crippen LogP contribution in [-0.4, -0.2) is 9.55 Å². The molecule has 0 radical (unpaired) electrons. The molecule has 0 aliphatic heterocycles. The lowest BCUT2D eigenvalue weighted by atomic mass is 9.98. The van der Waals surface area contributed by atoms with E-state index in [0.29, 0.717) is 43.9 Å². The third kappa shape index (κ3) is 3.51. The van der Waals surface area contributed by atoms with Gasteiger partial charge in [-0.2, -0.15) is 5.26 Å². The van der Waals surface area contributed by atoms with Gasteiger partial charge in [-0.15, -0.1) is 0 Å². The van der Waals surface area contributed by atoms with Crippen molar-refractivity contribution in [3.8, 4) is 17.2 Å². The normalized spacial score (nSPS) is 11.9. The minimum Gasteiger partial charge on any atom is -0.296 e. The molecule has 1 atom stereocenters. The number of halogens is 2. The molecule has 142 valence electrons. The molecule has 29 heavy (non-hydrogen) atoms.